The van der Waals surface area contributed by atoms with Crippen LogP contribution < -0.4 is 15.4 Å². The molecule has 0 aliphatic heterocycles. The van der Waals surface area contributed by atoms with E-state index in [4.69, 9.17) is 4.74 Å². The van der Waals surface area contributed by atoms with E-state index in [0.717, 1.165) is 5.56 Å². The van der Waals surface area contributed by atoms with Gasteiger partial charge >= 0.3 is 0 Å². The van der Waals surface area contributed by atoms with Crippen molar-refractivity contribution >= 4 is 45.0 Å². The van der Waals surface area contributed by atoms with E-state index in [0.29, 0.717) is 31.1 Å². The number of hydrogen-bond donors (Lipinski definition) is 2. The highest BCUT2D eigenvalue weighted by Crippen LogP contribution is 2.30. The quantitative estimate of drug-likeness (QED) is 0.467. The van der Waals surface area contributed by atoms with Gasteiger partial charge in [-0.05, 0) is 49.7 Å². The maximum atomic E-state index is 13.0. The number of nitrogens with zero attached hydrogens (tertiary/aromatic N) is 1. The lowest BCUT2D eigenvalue weighted by Crippen LogP contribution is -2.31. The molecule has 10 heteroatoms. The zero-order chi connectivity index (χ0) is 24.4. The van der Waals surface area contributed by atoms with Crippen LogP contribution in [0, 0.1) is 6.92 Å². The number of aryl methyl sites for hydroxylation is 1. The summed E-state index contributed by atoms with van der Waals surface area (Å²) in [5.41, 5.74) is 2.10. The summed E-state index contributed by atoms with van der Waals surface area (Å²) in [6.45, 7) is 8.20. The number of rotatable bonds is 12. The van der Waals surface area contributed by atoms with Crippen molar-refractivity contribution in [1.82, 2.24) is 4.31 Å². The first kappa shape index (κ1) is 26.7. The van der Waals surface area contributed by atoms with Crippen LogP contribution in [0.2, 0.25) is 0 Å². The Balaban J connectivity index is 2.00. The van der Waals surface area contributed by atoms with Gasteiger partial charge in [-0.25, -0.2) is 8.42 Å². The Hall–Kier alpha value is -2.56. The van der Waals surface area contributed by atoms with E-state index in [-0.39, 0.29) is 34.0 Å². The minimum atomic E-state index is -3.77. The molecule has 0 bridgehead atoms. The van der Waals surface area contributed by atoms with Crippen LogP contribution in [0.5, 0.6) is 5.75 Å². The molecule has 180 valence electrons. The van der Waals surface area contributed by atoms with Gasteiger partial charge in [0.15, 0.2) is 0 Å². The normalized spacial score (nSPS) is 11.3. The number of thioether (sulfide) groups is 1. The molecule has 0 spiro atoms. The van der Waals surface area contributed by atoms with E-state index in [1.54, 1.807) is 32.9 Å². The van der Waals surface area contributed by atoms with Gasteiger partial charge in [0.2, 0.25) is 21.8 Å². The van der Waals surface area contributed by atoms with E-state index < -0.39 is 10.0 Å². The molecule has 33 heavy (non-hydrogen) atoms. The average molecular weight is 494 g/mol. The fourth-order valence-electron chi connectivity index (χ4n) is 3.12. The summed E-state index contributed by atoms with van der Waals surface area (Å²) in [6, 6.07) is 12.0. The Morgan fingerprint density at radius 1 is 0.939 bits per heavy atom. The maximum Gasteiger partial charge on any atom is 0.246 e. The number of carbonyl (C=O) groups excluding carboxylic acids is 2. The van der Waals surface area contributed by atoms with Gasteiger partial charge in [-0.15, -0.1) is 11.8 Å². The summed E-state index contributed by atoms with van der Waals surface area (Å²) in [4.78, 5) is 24.5. The molecule has 0 saturated carbocycles. The molecule has 0 heterocycles. The van der Waals surface area contributed by atoms with Gasteiger partial charge in [0.1, 0.15) is 10.6 Å². The third-order valence-electron chi connectivity index (χ3n) is 4.62. The van der Waals surface area contributed by atoms with Crippen molar-refractivity contribution in [3.63, 3.8) is 0 Å². The van der Waals surface area contributed by atoms with Crippen molar-refractivity contribution in [1.29, 1.82) is 0 Å². The van der Waals surface area contributed by atoms with Gasteiger partial charge in [-0.3, -0.25) is 9.59 Å². The summed E-state index contributed by atoms with van der Waals surface area (Å²) in [6.07, 6.45) is 0. The first-order valence-corrected chi connectivity index (χ1v) is 13.3. The van der Waals surface area contributed by atoms with Crippen molar-refractivity contribution in [2.45, 2.75) is 32.6 Å². The summed E-state index contributed by atoms with van der Waals surface area (Å²) >= 11 is 1.17. The van der Waals surface area contributed by atoms with Crippen LogP contribution in [0.4, 0.5) is 11.4 Å². The fourth-order valence-corrected chi connectivity index (χ4v) is 5.35. The second kappa shape index (κ2) is 12.6. The van der Waals surface area contributed by atoms with E-state index in [2.05, 4.69) is 10.6 Å². The molecule has 0 aliphatic carbocycles. The molecule has 0 atom stereocenters. The molecule has 0 saturated heterocycles. The Morgan fingerprint density at radius 3 is 2.09 bits per heavy atom. The first-order valence-electron chi connectivity index (χ1n) is 10.7. The second-order valence-corrected chi connectivity index (χ2v) is 10.0. The van der Waals surface area contributed by atoms with Gasteiger partial charge in [0.25, 0.3) is 0 Å². The minimum Gasteiger partial charge on any atom is -0.492 e. The average Bonchev–Trinajstić information content (AvgIpc) is 2.75. The number of amides is 2. The van der Waals surface area contributed by atoms with Crippen molar-refractivity contribution in [2.75, 3.05) is 41.8 Å². The molecule has 2 amide bonds. The van der Waals surface area contributed by atoms with Gasteiger partial charge in [-0.2, -0.15) is 4.31 Å². The smallest absolute Gasteiger partial charge is 0.246 e. The Bertz CT molecular complexity index is 1070. The highest BCUT2D eigenvalue weighted by molar-refractivity contribution is 8.00. The van der Waals surface area contributed by atoms with E-state index in [1.165, 1.54) is 28.2 Å². The van der Waals surface area contributed by atoms with Gasteiger partial charge < -0.3 is 15.4 Å². The Kier molecular flexibility index (Phi) is 10.2. The van der Waals surface area contributed by atoms with Crippen LogP contribution in [0.25, 0.3) is 0 Å². The van der Waals surface area contributed by atoms with Crippen LogP contribution in [0.1, 0.15) is 26.3 Å². The highest BCUT2D eigenvalue weighted by atomic mass is 32.2. The van der Waals surface area contributed by atoms with Crippen LogP contribution in [0.3, 0.4) is 0 Å². The molecule has 0 fully saturated rings. The van der Waals surface area contributed by atoms with Crippen LogP contribution in [-0.4, -0.2) is 55.7 Å². The molecular formula is C23H31N3O5S2. The lowest BCUT2D eigenvalue weighted by atomic mass is 10.2. The van der Waals surface area contributed by atoms with Crippen LogP contribution in [0.15, 0.2) is 47.4 Å². The number of benzene rings is 2. The highest BCUT2D eigenvalue weighted by Gasteiger charge is 2.26. The number of ether oxygens (including phenoxy) is 1. The fraction of sp³-hybridized carbons (Fsp3) is 0.391. The molecule has 2 rings (SSSR count). The lowest BCUT2D eigenvalue weighted by molar-refractivity contribution is -0.114. The molecule has 0 aliphatic rings. The Morgan fingerprint density at radius 2 is 1.55 bits per heavy atom. The van der Waals surface area contributed by atoms with Crippen molar-refractivity contribution in [2.24, 2.45) is 0 Å². The number of carbonyl (C=O) groups is 2. The molecular weight excluding hydrogens is 462 g/mol. The maximum absolute atomic E-state index is 13.0. The summed E-state index contributed by atoms with van der Waals surface area (Å²) < 4.78 is 32.9. The number of anilines is 2. The predicted molar refractivity (Wildman–Crippen MR) is 133 cm³/mol. The number of nitrogens with one attached hydrogen (secondary N) is 2. The third kappa shape index (κ3) is 7.76. The molecule has 2 aromatic carbocycles. The molecule has 0 radical (unpaired) electrons. The number of hydrogen-bond acceptors (Lipinski definition) is 6. The molecule has 0 unspecified atom stereocenters. The SMILES string of the molecule is CCOc1ccc(NC(=O)CSCC(=O)Nc2cccc(C)c2)cc1S(=O)(=O)N(CC)CC. The lowest BCUT2D eigenvalue weighted by Gasteiger charge is -2.21. The van der Waals surface area contributed by atoms with E-state index in [9.17, 15) is 18.0 Å². The largest absolute Gasteiger partial charge is 0.492 e. The molecule has 8 nitrogen and oxygen atoms in total. The van der Waals surface area contributed by atoms with E-state index >= 15 is 0 Å². The topological polar surface area (TPSA) is 105 Å². The predicted octanol–water partition coefficient (Wildman–Crippen LogP) is 3.73. The van der Waals surface area contributed by atoms with Crippen molar-refractivity contribution < 1.29 is 22.7 Å². The first-order chi connectivity index (χ1) is 15.7. The second-order valence-electron chi connectivity index (χ2n) is 7.14. The summed E-state index contributed by atoms with van der Waals surface area (Å²) in [7, 11) is -3.77. The van der Waals surface area contributed by atoms with Gasteiger partial charge in [0, 0.05) is 24.5 Å². The monoisotopic (exact) mass is 493 g/mol. The van der Waals surface area contributed by atoms with Crippen LogP contribution >= 0.6 is 11.8 Å². The third-order valence-corrected chi connectivity index (χ3v) is 7.62. The number of sulfonamides is 1. The summed E-state index contributed by atoms with van der Waals surface area (Å²) in [5, 5.41) is 5.49. The van der Waals surface area contributed by atoms with Crippen LogP contribution in [-0.2, 0) is 19.6 Å². The zero-order valence-corrected chi connectivity index (χ0v) is 21.0. The van der Waals surface area contributed by atoms with Gasteiger partial charge in [-0.1, -0.05) is 26.0 Å². The Labute approximate surface area is 200 Å². The van der Waals surface area contributed by atoms with E-state index in [1.807, 2.05) is 25.1 Å². The van der Waals surface area contributed by atoms with Gasteiger partial charge in [0.05, 0.1) is 18.1 Å². The zero-order valence-electron chi connectivity index (χ0n) is 19.4. The molecule has 2 aromatic rings. The summed E-state index contributed by atoms with van der Waals surface area (Å²) in [5.74, 6) is -0.130. The molecule has 0 aromatic heterocycles. The minimum absolute atomic E-state index is 0.0102. The molecule has 2 N–H and O–H groups in total. The standard InChI is InChI=1S/C23H31N3O5S2/c1-5-26(6-2)33(29,30)21-14-19(11-12-20(21)31-7-3)25-23(28)16-32-15-22(27)24-18-10-8-9-17(4)13-18/h8-14H,5-7,15-16H2,1-4H3,(H,24,27)(H,25,28). The van der Waals surface area contributed by atoms with Crippen molar-refractivity contribution in [3.05, 3.63) is 48.0 Å². The van der Waals surface area contributed by atoms with Crippen molar-refractivity contribution in [3.8, 4) is 5.75 Å².